The number of nitrogens with zero attached hydrogens (tertiary/aromatic N) is 3. The Morgan fingerprint density at radius 1 is 0.812 bits per heavy atom. The van der Waals surface area contributed by atoms with Crippen molar-refractivity contribution in [2.75, 3.05) is 17.7 Å². The fourth-order valence-corrected chi connectivity index (χ4v) is 2.98. The maximum atomic E-state index is 11.8. The van der Waals surface area contributed by atoms with Crippen LogP contribution in [0.5, 0.6) is 17.2 Å². The first-order valence-electron chi connectivity index (χ1n) is 9.63. The minimum absolute atomic E-state index is 0.0426. The Morgan fingerprint density at radius 3 is 2.12 bits per heavy atom. The van der Waals surface area contributed by atoms with Crippen LogP contribution < -0.4 is 20.1 Å². The monoisotopic (exact) mass is 429 g/mol. The van der Waals surface area contributed by atoms with Crippen LogP contribution in [0.1, 0.15) is 0 Å². The molecule has 32 heavy (non-hydrogen) atoms. The quantitative estimate of drug-likeness (QED) is 0.272. The molecule has 0 amide bonds. The lowest BCUT2D eigenvalue weighted by molar-refractivity contribution is -0.383. The molecule has 1 heterocycles. The molecule has 4 aromatic rings. The smallest absolute Gasteiger partial charge is 0.353 e. The molecule has 160 valence electrons. The topological polar surface area (TPSA) is 111 Å². The number of methoxy groups -OCH3 is 1. The van der Waals surface area contributed by atoms with Gasteiger partial charge < -0.3 is 20.1 Å². The predicted octanol–water partition coefficient (Wildman–Crippen LogP) is 5.67. The highest BCUT2D eigenvalue weighted by atomic mass is 16.6. The van der Waals surface area contributed by atoms with E-state index in [0.29, 0.717) is 28.6 Å². The average Bonchev–Trinajstić information content (AvgIpc) is 2.81. The molecule has 0 aliphatic heterocycles. The van der Waals surface area contributed by atoms with Crippen molar-refractivity contribution in [3.63, 3.8) is 0 Å². The number of ether oxygens (including phenoxy) is 2. The van der Waals surface area contributed by atoms with Gasteiger partial charge >= 0.3 is 5.69 Å². The van der Waals surface area contributed by atoms with Crippen LogP contribution in [0.15, 0.2) is 85.2 Å². The molecule has 0 saturated heterocycles. The Bertz CT molecular complexity index is 1220. The molecule has 0 aliphatic carbocycles. The van der Waals surface area contributed by atoms with Crippen LogP contribution in [-0.2, 0) is 0 Å². The summed E-state index contributed by atoms with van der Waals surface area (Å²) in [6.45, 7) is 0. The van der Waals surface area contributed by atoms with Gasteiger partial charge in [-0.25, -0.2) is 9.97 Å². The van der Waals surface area contributed by atoms with Crippen molar-refractivity contribution in [1.29, 1.82) is 0 Å². The highest BCUT2D eigenvalue weighted by Crippen LogP contribution is 2.35. The summed E-state index contributed by atoms with van der Waals surface area (Å²) >= 11 is 0. The van der Waals surface area contributed by atoms with Crippen LogP contribution in [0.25, 0.3) is 0 Å². The third kappa shape index (κ3) is 4.73. The minimum Gasteiger partial charge on any atom is -0.495 e. The molecule has 0 radical (unpaired) electrons. The van der Waals surface area contributed by atoms with Crippen molar-refractivity contribution in [3.8, 4) is 17.2 Å². The summed E-state index contributed by atoms with van der Waals surface area (Å²) < 4.78 is 11.1. The van der Waals surface area contributed by atoms with Gasteiger partial charge in [0.15, 0.2) is 0 Å². The highest BCUT2D eigenvalue weighted by molar-refractivity contribution is 5.78. The van der Waals surface area contributed by atoms with Crippen LogP contribution in [0.3, 0.4) is 0 Å². The maximum absolute atomic E-state index is 11.8. The van der Waals surface area contributed by atoms with Crippen molar-refractivity contribution >= 4 is 28.7 Å². The number of benzene rings is 3. The Hall–Kier alpha value is -4.66. The molecular weight excluding hydrogens is 410 g/mol. The molecule has 0 unspecified atom stereocenters. The summed E-state index contributed by atoms with van der Waals surface area (Å²) in [6, 6.07) is 23.5. The lowest BCUT2D eigenvalue weighted by atomic mass is 10.2. The zero-order valence-corrected chi connectivity index (χ0v) is 17.1. The van der Waals surface area contributed by atoms with Gasteiger partial charge in [-0.05, 0) is 48.5 Å². The summed E-state index contributed by atoms with van der Waals surface area (Å²) in [5, 5.41) is 17.8. The number of nitro groups is 1. The third-order valence-corrected chi connectivity index (χ3v) is 4.46. The van der Waals surface area contributed by atoms with E-state index in [-0.39, 0.29) is 17.3 Å². The van der Waals surface area contributed by atoms with E-state index in [1.807, 2.05) is 30.3 Å². The van der Waals surface area contributed by atoms with Crippen molar-refractivity contribution < 1.29 is 14.4 Å². The van der Waals surface area contributed by atoms with Crippen molar-refractivity contribution in [3.05, 3.63) is 95.3 Å². The normalized spacial score (nSPS) is 10.3. The molecule has 9 nitrogen and oxygen atoms in total. The highest BCUT2D eigenvalue weighted by Gasteiger charge is 2.24. The SMILES string of the molecule is COc1ccccc1Nc1ncnc(Nc2ccc(Oc3ccccc3)cc2)c1[N+](=O)[O-]. The standard InChI is InChI=1S/C23H19N5O4/c1-31-20-10-6-5-9-19(20)27-23-21(28(29)30)22(24-15-25-23)26-16-11-13-18(14-12-16)32-17-7-3-2-4-8-17/h2-15H,1H3,(H2,24,25,26,27). The molecule has 9 heteroatoms. The summed E-state index contributed by atoms with van der Waals surface area (Å²) in [4.78, 5) is 19.4. The number of nitrogens with one attached hydrogen (secondary N) is 2. The molecule has 1 aromatic heterocycles. The van der Waals surface area contributed by atoms with Gasteiger partial charge in [-0.2, -0.15) is 0 Å². The van der Waals surface area contributed by atoms with Crippen LogP contribution in [-0.4, -0.2) is 22.0 Å². The zero-order valence-electron chi connectivity index (χ0n) is 17.1. The fourth-order valence-electron chi connectivity index (χ4n) is 2.98. The Morgan fingerprint density at radius 2 is 1.44 bits per heavy atom. The maximum Gasteiger partial charge on any atom is 0.353 e. The lowest BCUT2D eigenvalue weighted by Gasteiger charge is -2.12. The zero-order chi connectivity index (χ0) is 22.3. The van der Waals surface area contributed by atoms with Gasteiger partial charge in [0.2, 0.25) is 11.6 Å². The number of para-hydroxylation sites is 3. The van der Waals surface area contributed by atoms with Gasteiger partial charge in [0, 0.05) is 5.69 Å². The third-order valence-electron chi connectivity index (χ3n) is 4.46. The van der Waals surface area contributed by atoms with Crippen LogP contribution >= 0.6 is 0 Å². The van der Waals surface area contributed by atoms with E-state index >= 15 is 0 Å². The van der Waals surface area contributed by atoms with Gasteiger partial charge in [0.25, 0.3) is 0 Å². The number of rotatable bonds is 8. The van der Waals surface area contributed by atoms with Crippen molar-refractivity contribution in [2.45, 2.75) is 0 Å². The Balaban J connectivity index is 1.57. The van der Waals surface area contributed by atoms with Crippen molar-refractivity contribution in [2.24, 2.45) is 0 Å². The first-order chi connectivity index (χ1) is 15.6. The number of aromatic nitrogens is 2. The molecule has 0 bridgehead atoms. The summed E-state index contributed by atoms with van der Waals surface area (Å²) in [7, 11) is 1.52. The van der Waals surface area contributed by atoms with E-state index in [4.69, 9.17) is 9.47 Å². The first-order valence-corrected chi connectivity index (χ1v) is 9.63. The molecule has 0 spiro atoms. The molecule has 0 fully saturated rings. The second-order valence-corrected chi connectivity index (χ2v) is 6.57. The summed E-state index contributed by atoms with van der Waals surface area (Å²) in [5.74, 6) is 1.98. The largest absolute Gasteiger partial charge is 0.495 e. The second-order valence-electron chi connectivity index (χ2n) is 6.57. The lowest BCUT2D eigenvalue weighted by Crippen LogP contribution is -2.06. The van der Waals surface area contributed by atoms with Crippen LogP contribution in [0.2, 0.25) is 0 Å². The van der Waals surface area contributed by atoms with E-state index in [0.717, 1.165) is 0 Å². The molecule has 2 N–H and O–H groups in total. The van der Waals surface area contributed by atoms with Gasteiger partial charge in [-0.15, -0.1) is 0 Å². The molecular formula is C23H19N5O4. The second kappa shape index (κ2) is 9.43. The van der Waals surface area contributed by atoms with Gasteiger partial charge in [0.05, 0.1) is 17.7 Å². The Kier molecular flexibility index (Phi) is 6.08. The summed E-state index contributed by atoms with van der Waals surface area (Å²) in [6.07, 6.45) is 1.25. The summed E-state index contributed by atoms with van der Waals surface area (Å²) in [5.41, 5.74) is 0.864. The molecule has 0 saturated carbocycles. The van der Waals surface area contributed by atoms with E-state index in [2.05, 4.69) is 20.6 Å². The molecule has 3 aromatic carbocycles. The van der Waals surface area contributed by atoms with Crippen molar-refractivity contribution in [1.82, 2.24) is 9.97 Å². The van der Waals surface area contributed by atoms with Crippen LogP contribution in [0.4, 0.5) is 28.7 Å². The average molecular weight is 429 g/mol. The van der Waals surface area contributed by atoms with Gasteiger partial charge in [-0.3, -0.25) is 10.1 Å². The first kappa shape index (κ1) is 20.6. The number of hydrogen-bond acceptors (Lipinski definition) is 8. The molecule has 0 aliphatic rings. The predicted molar refractivity (Wildman–Crippen MR) is 121 cm³/mol. The van der Waals surface area contributed by atoms with E-state index < -0.39 is 4.92 Å². The van der Waals surface area contributed by atoms with E-state index in [1.54, 1.807) is 48.5 Å². The molecule has 0 atom stereocenters. The van der Waals surface area contributed by atoms with Gasteiger partial charge in [0.1, 0.15) is 23.6 Å². The van der Waals surface area contributed by atoms with Crippen LogP contribution in [0, 0.1) is 10.1 Å². The van der Waals surface area contributed by atoms with E-state index in [1.165, 1.54) is 13.4 Å². The minimum atomic E-state index is -0.535. The number of anilines is 4. The molecule has 4 rings (SSSR count). The van der Waals surface area contributed by atoms with Gasteiger partial charge in [-0.1, -0.05) is 30.3 Å². The van der Waals surface area contributed by atoms with E-state index in [9.17, 15) is 10.1 Å². The fraction of sp³-hybridized carbons (Fsp3) is 0.0435. The Labute approximate surface area is 183 Å². The number of hydrogen-bond donors (Lipinski definition) is 2.